The van der Waals surface area contributed by atoms with Crippen LogP contribution in [0.5, 0.6) is 0 Å². The molecule has 4 heteroatoms. The molecule has 0 saturated carbocycles. The van der Waals surface area contributed by atoms with E-state index in [0.717, 1.165) is 6.08 Å². The van der Waals surface area contributed by atoms with Gasteiger partial charge < -0.3 is 10.5 Å². The highest BCUT2D eigenvalue weighted by Crippen LogP contribution is 1.74. The first-order valence-corrected chi connectivity index (χ1v) is 3.22. The Morgan fingerprint density at radius 2 is 2.17 bits per heavy atom. The van der Waals surface area contributed by atoms with Crippen molar-refractivity contribution in [1.82, 2.24) is 0 Å². The summed E-state index contributed by atoms with van der Waals surface area (Å²) >= 11 is 0. The zero-order chi connectivity index (χ0) is 9.82. The first-order valence-electron chi connectivity index (χ1n) is 3.22. The van der Waals surface area contributed by atoms with Gasteiger partial charge in [0.05, 0.1) is 6.07 Å². The van der Waals surface area contributed by atoms with E-state index in [-0.39, 0.29) is 6.61 Å². The Hall–Kier alpha value is -1.60. The molecule has 0 fully saturated rings. The summed E-state index contributed by atoms with van der Waals surface area (Å²) in [6.45, 7) is 6.95. The number of rotatable bonds is 3. The van der Waals surface area contributed by atoms with Gasteiger partial charge in [-0.25, -0.2) is 4.79 Å². The second kappa shape index (κ2) is 12.1. The van der Waals surface area contributed by atoms with E-state index in [1.165, 1.54) is 6.08 Å². The quantitative estimate of drug-likeness (QED) is 0.375. The Morgan fingerprint density at radius 3 is 2.42 bits per heavy atom. The lowest BCUT2D eigenvalue weighted by Crippen LogP contribution is -2.11. The van der Waals surface area contributed by atoms with E-state index >= 15 is 0 Å². The van der Waals surface area contributed by atoms with Crippen LogP contribution in [0.1, 0.15) is 0 Å². The summed E-state index contributed by atoms with van der Waals surface area (Å²) in [5.41, 5.74) is 5.02. The molecule has 0 aromatic rings. The van der Waals surface area contributed by atoms with Crippen molar-refractivity contribution in [2.45, 2.75) is 0 Å². The van der Waals surface area contributed by atoms with Crippen LogP contribution in [-0.4, -0.2) is 19.1 Å². The highest BCUT2D eigenvalue weighted by molar-refractivity contribution is 5.81. The molecule has 0 atom stereocenters. The molecule has 0 saturated heterocycles. The van der Waals surface area contributed by atoms with Crippen molar-refractivity contribution in [3.63, 3.8) is 0 Å². The van der Waals surface area contributed by atoms with Crippen molar-refractivity contribution in [2.75, 3.05) is 13.2 Å². The van der Waals surface area contributed by atoms with Crippen LogP contribution in [0.25, 0.3) is 0 Å². The zero-order valence-corrected chi connectivity index (χ0v) is 6.82. The SMILES string of the molecule is C=CC#N.C=CC(=O)OCCN. The molecule has 0 bridgehead atoms. The maximum atomic E-state index is 10.2. The Balaban J connectivity index is 0. The van der Waals surface area contributed by atoms with Gasteiger partial charge in [-0.05, 0) is 0 Å². The first-order chi connectivity index (χ1) is 5.72. The van der Waals surface area contributed by atoms with Crippen LogP contribution in [0.4, 0.5) is 0 Å². The van der Waals surface area contributed by atoms with Gasteiger partial charge in [0.1, 0.15) is 6.61 Å². The highest BCUT2D eigenvalue weighted by atomic mass is 16.5. The van der Waals surface area contributed by atoms with Crippen LogP contribution in [0.15, 0.2) is 25.3 Å². The van der Waals surface area contributed by atoms with Crippen molar-refractivity contribution in [2.24, 2.45) is 5.73 Å². The number of nitrogens with zero attached hydrogens (tertiary/aromatic N) is 1. The van der Waals surface area contributed by atoms with E-state index in [0.29, 0.717) is 6.54 Å². The Bertz CT molecular complexity index is 182. The van der Waals surface area contributed by atoms with Crippen LogP contribution in [0, 0.1) is 11.3 Å². The standard InChI is InChI=1S/C5H9NO2.C3H3N/c1-2-5(7)8-4-3-6;1-2-3-4/h2H,1,3-4,6H2;2H,1H2. The molecule has 0 aliphatic rings. The van der Waals surface area contributed by atoms with Gasteiger partial charge >= 0.3 is 5.97 Å². The van der Waals surface area contributed by atoms with Gasteiger partial charge in [0.2, 0.25) is 0 Å². The van der Waals surface area contributed by atoms with E-state index < -0.39 is 5.97 Å². The molecule has 66 valence electrons. The second-order valence-electron chi connectivity index (χ2n) is 1.49. The lowest BCUT2D eigenvalue weighted by atomic mass is 10.6. The Labute approximate surface area is 71.9 Å². The van der Waals surface area contributed by atoms with E-state index in [2.05, 4.69) is 17.9 Å². The number of hydrogen-bond donors (Lipinski definition) is 1. The maximum Gasteiger partial charge on any atom is 0.330 e. The number of nitriles is 1. The zero-order valence-electron chi connectivity index (χ0n) is 6.82. The van der Waals surface area contributed by atoms with Gasteiger partial charge in [0, 0.05) is 18.7 Å². The third kappa shape index (κ3) is 15.8. The van der Waals surface area contributed by atoms with Crippen LogP contribution in [0.2, 0.25) is 0 Å². The number of ether oxygens (including phenoxy) is 1. The summed E-state index contributed by atoms with van der Waals surface area (Å²) in [4.78, 5) is 10.2. The summed E-state index contributed by atoms with van der Waals surface area (Å²) in [6.07, 6.45) is 2.29. The molecule has 0 radical (unpaired) electrons. The summed E-state index contributed by atoms with van der Waals surface area (Å²) in [6, 6.07) is 1.69. The average Bonchev–Trinajstić information content (AvgIpc) is 2.14. The fourth-order valence-electron chi connectivity index (χ4n) is 0.218. The molecule has 0 aromatic heterocycles. The van der Waals surface area contributed by atoms with Crippen LogP contribution in [-0.2, 0) is 9.53 Å². The predicted octanol–water partition coefficient (Wildman–Crippen LogP) is 0.370. The highest BCUT2D eigenvalue weighted by Gasteiger charge is 1.89. The maximum absolute atomic E-state index is 10.2. The number of carbonyl (C=O) groups is 1. The molecule has 0 aliphatic heterocycles. The van der Waals surface area contributed by atoms with Crippen molar-refractivity contribution < 1.29 is 9.53 Å². The average molecular weight is 168 g/mol. The molecule has 0 aliphatic carbocycles. The molecule has 12 heavy (non-hydrogen) atoms. The molecule has 0 amide bonds. The van der Waals surface area contributed by atoms with Crippen LogP contribution in [0.3, 0.4) is 0 Å². The minimum atomic E-state index is -0.421. The number of nitrogens with two attached hydrogens (primary N) is 1. The summed E-state index contributed by atoms with van der Waals surface area (Å²) in [5, 5.41) is 7.51. The van der Waals surface area contributed by atoms with Crippen molar-refractivity contribution in [3.05, 3.63) is 25.3 Å². The first kappa shape index (κ1) is 13.0. The lowest BCUT2D eigenvalue weighted by Gasteiger charge is -1.94. The van der Waals surface area contributed by atoms with Crippen molar-refractivity contribution >= 4 is 5.97 Å². The third-order valence-corrected chi connectivity index (χ3v) is 0.620. The van der Waals surface area contributed by atoms with Gasteiger partial charge in [-0.15, -0.1) is 0 Å². The van der Waals surface area contributed by atoms with E-state index in [4.69, 9.17) is 11.0 Å². The second-order valence-corrected chi connectivity index (χ2v) is 1.49. The van der Waals surface area contributed by atoms with Crippen LogP contribution >= 0.6 is 0 Å². The fourth-order valence-corrected chi connectivity index (χ4v) is 0.218. The van der Waals surface area contributed by atoms with Gasteiger partial charge in [0.25, 0.3) is 0 Å². The molecule has 0 heterocycles. The molecule has 0 unspecified atom stereocenters. The van der Waals surface area contributed by atoms with Gasteiger partial charge in [-0.3, -0.25) is 0 Å². The normalized spacial score (nSPS) is 6.67. The number of hydrogen-bond acceptors (Lipinski definition) is 4. The monoisotopic (exact) mass is 168 g/mol. The minimum Gasteiger partial charge on any atom is -0.461 e. The smallest absolute Gasteiger partial charge is 0.330 e. The molecule has 0 spiro atoms. The summed E-state index contributed by atoms with van der Waals surface area (Å²) < 4.78 is 4.46. The Morgan fingerprint density at radius 1 is 1.67 bits per heavy atom. The summed E-state index contributed by atoms with van der Waals surface area (Å²) in [5.74, 6) is -0.421. The third-order valence-electron chi connectivity index (χ3n) is 0.620. The predicted molar refractivity (Wildman–Crippen MR) is 46.0 cm³/mol. The van der Waals surface area contributed by atoms with Gasteiger partial charge in [-0.1, -0.05) is 13.2 Å². The van der Waals surface area contributed by atoms with Crippen molar-refractivity contribution in [1.29, 1.82) is 5.26 Å². The number of carbonyl (C=O) groups excluding carboxylic acids is 1. The molecule has 2 N–H and O–H groups in total. The van der Waals surface area contributed by atoms with E-state index in [9.17, 15) is 4.79 Å². The van der Waals surface area contributed by atoms with E-state index in [1.807, 2.05) is 0 Å². The van der Waals surface area contributed by atoms with Crippen LogP contribution < -0.4 is 5.73 Å². The van der Waals surface area contributed by atoms with Gasteiger partial charge in [-0.2, -0.15) is 5.26 Å². The fraction of sp³-hybridized carbons (Fsp3) is 0.250. The summed E-state index contributed by atoms with van der Waals surface area (Å²) in [7, 11) is 0. The van der Waals surface area contributed by atoms with Crippen molar-refractivity contribution in [3.8, 4) is 6.07 Å². The topological polar surface area (TPSA) is 76.1 Å². The number of allylic oxidation sites excluding steroid dienone is 1. The minimum absolute atomic E-state index is 0.269. The van der Waals surface area contributed by atoms with E-state index in [1.54, 1.807) is 6.07 Å². The Kier molecular flexibility index (Phi) is 13.1. The van der Waals surface area contributed by atoms with Gasteiger partial charge in [0.15, 0.2) is 0 Å². The number of esters is 1. The largest absolute Gasteiger partial charge is 0.461 e. The lowest BCUT2D eigenvalue weighted by molar-refractivity contribution is -0.137. The molecule has 0 rings (SSSR count). The molecule has 0 aromatic carbocycles. The molecular weight excluding hydrogens is 156 g/mol. The molecular formula is C8H12N2O2. The molecule has 4 nitrogen and oxygen atoms in total.